The molecule has 7 heteroatoms. The minimum absolute atomic E-state index is 0.131. The van der Waals surface area contributed by atoms with Crippen molar-refractivity contribution in [1.29, 1.82) is 0 Å². The molecule has 0 saturated heterocycles. The molecule has 0 amide bonds. The number of rotatable bonds is 2. The quantitative estimate of drug-likeness (QED) is 0.894. The highest BCUT2D eigenvalue weighted by Crippen LogP contribution is 2.49. The topological polar surface area (TPSA) is 50.2 Å². The molecule has 1 N–H and O–H groups in total. The number of carboxylic acid groups (broad SMARTS) is 1. The molecule has 1 aromatic rings. The number of hydrogen-bond acceptors (Lipinski definition) is 2. The largest absolute Gasteiger partial charge is 0.481 e. The van der Waals surface area contributed by atoms with E-state index in [0.717, 1.165) is 6.07 Å². The number of carbonyl (C=O) groups is 1. The van der Waals surface area contributed by atoms with Crippen molar-refractivity contribution in [3.63, 3.8) is 0 Å². The molecule has 17 heavy (non-hydrogen) atoms. The lowest BCUT2D eigenvalue weighted by Gasteiger charge is -2.08. The Kier molecular flexibility index (Phi) is 2.77. The van der Waals surface area contributed by atoms with Crippen molar-refractivity contribution >= 4 is 17.6 Å². The van der Waals surface area contributed by atoms with Gasteiger partial charge in [-0.1, -0.05) is 11.6 Å². The second-order valence-corrected chi connectivity index (χ2v) is 4.28. The molecule has 1 aromatic heterocycles. The van der Waals surface area contributed by atoms with Gasteiger partial charge in [0.1, 0.15) is 0 Å². The van der Waals surface area contributed by atoms with Crippen molar-refractivity contribution in [3.05, 3.63) is 28.5 Å². The summed E-state index contributed by atoms with van der Waals surface area (Å²) in [6.45, 7) is 0. The molecule has 0 aromatic carbocycles. The van der Waals surface area contributed by atoms with Crippen LogP contribution in [0.5, 0.6) is 0 Å². The number of halogens is 4. The third-order valence-corrected chi connectivity index (χ3v) is 2.96. The Bertz CT molecular complexity index is 475. The number of alkyl halides is 3. The lowest BCUT2D eigenvalue weighted by atomic mass is 10.2. The van der Waals surface area contributed by atoms with E-state index in [1.165, 1.54) is 0 Å². The summed E-state index contributed by atoms with van der Waals surface area (Å²) in [6, 6.07) is 0.779. The standard InChI is InChI=1S/C10H7ClF3NO2/c11-7-1-4(10(12,13)14)3-15-8(7)5-2-6(5)9(16)17/h1,3,5-6H,2H2,(H,16,17)/t5-,6-/m1/s1. The number of aromatic nitrogens is 1. The van der Waals surface area contributed by atoms with Crippen molar-refractivity contribution in [3.8, 4) is 0 Å². The van der Waals surface area contributed by atoms with Crippen molar-refractivity contribution in [2.75, 3.05) is 0 Å². The Labute approximate surface area is 99.2 Å². The van der Waals surface area contributed by atoms with Crippen LogP contribution < -0.4 is 0 Å². The van der Waals surface area contributed by atoms with E-state index in [9.17, 15) is 18.0 Å². The summed E-state index contributed by atoms with van der Waals surface area (Å²) in [7, 11) is 0. The number of nitrogens with zero attached hydrogens (tertiary/aromatic N) is 1. The van der Waals surface area contributed by atoms with Gasteiger partial charge in [0.05, 0.1) is 22.2 Å². The second-order valence-electron chi connectivity index (χ2n) is 3.88. The van der Waals surface area contributed by atoms with Crippen LogP contribution in [0.1, 0.15) is 23.6 Å². The molecule has 0 radical (unpaired) electrons. The average molecular weight is 266 g/mol. The monoisotopic (exact) mass is 265 g/mol. The first kappa shape index (κ1) is 12.2. The van der Waals surface area contributed by atoms with Crippen LogP contribution in [0, 0.1) is 5.92 Å². The van der Waals surface area contributed by atoms with Gasteiger partial charge < -0.3 is 5.11 Å². The summed E-state index contributed by atoms with van der Waals surface area (Å²) in [5.74, 6) is -1.94. The highest BCUT2D eigenvalue weighted by molar-refractivity contribution is 6.31. The summed E-state index contributed by atoms with van der Waals surface area (Å²) in [6.07, 6.45) is -3.45. The zero-order valence-electron chi connectivity index (χ0n) is 8.33. The maximum atomic E-state index is 12.3. The predicted molar refractivity (Wildman–Crippen MR) is 52.7 cm³/mol. The van der Waals surface area contributed by atoms with Gasteiger partial charge in [-0.05, 0) is 12.5 Å². The van der Waals surface area contributed by atoms with E-state index in [1.54, 1.807) is 0 Å². The van der Waals surface area contributed by atoms with Crippen LogP contribution in [0.3, 0.4) is 0 Å². The van der Waals surface area contributed by atoms with E-state index in [2.05, 4.69) is 4.98 Å². The second kappa shape index (κ2) is 3.87. The van der Waals surface area contributed by atoms with Crippen LogP contribution >= 0.6 is 11.6 Å². The van der Waals surface area contributed by atoms with E-state index in [-0.39, 0.29) is 16.6 Å². The first-order valence-electron chi connectivity index (χ1n) is 4.76. The Morgan fingerprint density at radius 3 is 2.59 bits per heavy atom. The first-order chi connectivity index (χ1) is 7.80. The third kappa shape index (κ3) is 2.36. The Balaban J connectivity index is 2.25. The molecule has 1 heterocycles. The van der Waals surface area contributed by atoms with E-state index in [0.29, 0.717) is 12.6 Å². The predicted octanol–water partition coefficient (Wildman–Crippen LogP) is 2.94. The molecule has 1 aliphatic carbocycles. The Hall–Kier alpha value is -1.30. The highest BCUT2D eigenvalue weighted by Gasteiger charge is 2.46. The molecular weight excluding hydrogens is 259 g/mol. The van der Waals surface area contributed by atoms with Gasteiger partial charge in [0.15, 0.2) is 0 Å². The van der Waals surface area contributed by atoms with Gasteiger partial charge in [-0.25, -0.2) is 0 Å². The fraction of sp³-hybridized carbons (Fsp3) is 0.400. The van der Waals surface area contributed by atoms with Gasteiger partial charge >= 0.3 is 12.1 Å². The molecular formula is C10H7ClF3NO2. The number of hydrogen-bond donors (Lipinski definition) is 1. The van der Waals surface area contributed by atoms with Gasteiger partial charge in [0.25, 0.3) is 0 Å². The molecule has 0 unspecified atom stereocenters. The fourth-order valence-electron chi connectivity index (χ4n) is 1.65. The molecule has 92 valence electrons. The molecule has 0 aliphatic heterocycles. The third-order valence-electron chi connectivity index (χ3n) is 2.66. The Morgan fingerprint density at radius 1 is 1.53 bits per heavy atom. The zero-order valence-corrected chi connectivity index (χ0v) is 9.09. The highest BCUT2D eigenvalue weighted by atomic mass is 35.5. The summed E-state index contributed by atoms with van der Waals surface area (Å²) < 4.78 is 37.0. The van der Waals surface area contributed by atoms with Crippen molar-refractivity contribution in [2.24, 2.45) is 5.92 Å². The van der Waals surface area contributed by atoms with Gasteiger partial charge in [-0.3, -0.25) is 9.78 Å². The molecule has 1 aliphatic rings. The molecule has 1 fully saturated rings. The smallest absolute Gasteiger partial charge is 0.417 e. The maximum Gasteiger partial charge on any atom is 0.417 e. The van der Waals surface area contributed by atoms with Crippen LogP contribution in [0.4, 0.5) is 13.2 Å². The SMILES string of the molecule is O=C(O)[C@@H]1C[C@H]1c1ncc(C(F)(F)F)cc1Cl. The van der Waals surface area contributed by atoms with Gasteiger partial charge in [-0.15, -0.1) is 0 Å². The molecule has 1 saturated carbocycles. The van der Waals surface area contributed by atoms with Crippen molar-refractivity contribution in [1.82, 2.24) is 4.98 Å². The summed E-state index contributed by atoms with van der Waals surface area (Å²) in [5, 5.41) is 8.58. The molecule has 2 atom stereocenters. The summed E-state index contributed by atoms with van der Waals surface area (Å²) >= 11 is 5.68. The maximum absolute atomic E-state index is 12.3. The van der Waals surface area contributed by atoms with Gasteiger partial charge in [0, 0.05) is 12.1 Å². The van der Waals surface area contributed by atoms with Gasteiger partial charge in [0.2, 0.25) is 0 Å². The summed E-state index contributed by atoms with van der Waals surface area (Å²) in [5.41, 5.74) is -0.703. The van der Waals surface area contributed by atoms with E-state index >= 15 is 0 Å². The first-order valence-corrected chi connectivity index (χ1v) is 5.14. The average Bonchev–Trinajstić information content (AvgIpc) is 2.95. The number of aliphatic carboxylic acids is 1. The van der Waals surface area contributed by atoms with Gasteiger partial charge in [-0.2, -0.15) is 13.2 Å². The molecule has 0 spiro atoms. The fourth-order valence-corrected chi connectivity index (χ4v) is 1.95. The van der Waals surface area contributed by atoms with E-state index in [1.807, 2.05) is 0 Å². The zero-order chi connectivity index (χ0) is 12.8. The normalized spacial score (nSPS) is 23.5. The van der Waals surface area contributed by atoms with Crippen LogP contribution in [0.25, 0.3) is 0 Å². The van der Waals surface area contributed by atoms with Crippen molar-refractivity contribution in [2.45, 2.75) is 18.5 Å². The van der Waals surface area contributed by atoms with Crippen LogP contribution in [0.2, 0.25) is 5.02 Å². The van der Waals surface area contributed by atoms with Crippen LogP contribution in [0.15, 0.2) is 12.3 Å². The minimum atomic E-state index is -4.50. The molecule has 2 rings (SSSR count). The van der Waals surface area contributed by atoms with Crippen molar-refractivity contribution < 1.29 is 23.1 Å². The summed E-state index contributed by atoms with van der Waals surface area (Å²) in [4.78, 5) is 14.3. The van der Waals surface area contributed by atoms with Crippen LogP contribution in [-0.2, 0) is 11.0 Å². The van der Waals surface area contributed by atoms with E-state index in [4.69, 9.17) is 16.7 Å². The Morgan fingerprint density at radius 2 is 2.18 bits per heavy atom. The minimum Gasteiger partial charge on any atom is -0.481 e. The number of pyridine rings is 1. The lowest BCUT2D eigenvalue weighted by Crippen LogP contribution is -2.07. The molecule has 3 nitrogen and oxygen atoms in total. The molecule has 0 bridgehead atoms. The van der Waals surface area contributed by atoms with E-state index < -0.39 is 23.6 Å². The lowest BCUT2D eigenvalue weighted by molar-refractivity contribution is -0.139. The number of carboxylic acids is 1. The van der Waals surface area contributed by atoms with Crippen LogP contribution in [-0.4, -0.2) is 16.1 Å².